The van der Waals surface area contributed by atoms with Crippen molar-refractivity contribution in [2.24, 2.45) is 0 Å². The van der Waals surface area contributed by atoms with Crippen LogP contribution in [-0.4, -0.2) is 48.4 Å². The van der Waals surface area contributed by atoms with E-state index in [4.69, 9.17) is 23.8 Å². The lowest BCUT2D eigenvalue weighted by molar-refractivity contribution is 0.0653. The van der Waals surface area contributed by atoms with Crippen molar-refractivity contribution >= 4 is 23.2 Å². The molecule has 1 aliphatic heterocycles. The van der Waals surface area contributed by atoms with E-state index in [0.29, 0.717) is 35.9 Å². The van der Waals surface area contributed by atoms with Crippen LogP contribution in [0.4, 0.5) is 5.69 Å². The van der Waals surface area contributed by atoms with Gasteiger partial charge in [-0.1, -0.05) is 17.5 Å². The normalized spacial score (nSPS) is 16.1. The first-order valence-electron chi connectivity index (χ1n) is 6.12. The van der Waals surface area contributed by atoms with Crippen LogP contribution in [0, 0.1) is 12.3 Å². The molecule has 100 valence electrons. The predicted octanol–water partition coefficient (Wildman–Crippen LogP) is 1.31. The third-order valence-electron chi connectivity index (χ3n) is 3.22. The highest BCUT2D eigenvalue weighted by Crippen LogP contribution is 2.20. The number of carbonyl (C=O) groups is 1. The summed E-state index contributed by atoms with van der Waals surface area (Å²) in [5.74, 6) is 2.57. The van der Waals surface area contributed by atoms with Gasteiger partial charge in [0.25, 0.3) is 5.91 Å². The van der Waals surface area contributed by atoms with E-state index in [1.165, 1.54) is 0 Å². The third-order valence-corrected chi connectivity index (χ3v) is 3.45. The fourth-order valence-corrected chi connectivity index (χ4v) is 2.32. The first kappa shape index (κ1) is 13.7. The maximum Gasteiger partial charge on any atom is 0.256 e. The van der Waals surface area contributed by atoms with Gasteiger partial charge in [0, 0.05) is 36.9 Å². The van der Waals surface area contributed by atoms with Gasteiger partial charge in [0.05, 0.1) is 12.1 Å². The number of piperazine rings is 1. The van der Waals surface area contributed by atoms with Crippen LogP contribution < -0.4 is 5.73 Å². The molecule has 4 nitrogen and oxygen atoms in total. The van der Waals surface area contributed by atoms with Gasteiger partial charge in [-0.15, -0.1) is 6.42 Å². The van der Waals surface area contributed by atoms with Crippen molar-refractivity contribution in [3.05, 3.63) is 28.8 Å². The van der Waals surface area contributed by atoms with Crippen molar-refractivity contribution in [1.82, 2.24) is 9.80 Å². The first-order valence-corrected chi connectivity index (χ1v) is 6.49. The molecule has 0 radical (unpaired) electrons. The van der Waals surface area contributed by atoms with Gasteiger partial charge in [-0.05, 0) is 18.2 Å². The molecule has 19 heavy (non-hydrogen) atoms. The third kappa shape index (κ3) is 3.19. The Balaban J connectivity index is 2.03. The molecule has 1 aliphatic rings. The van der Waals surface area contributed by atoms with E-state index < -0.39 is 0 Å². The van der Waals surface area contributed by atoms with Crippen LogP contribution in [0.3, 0.4) is 0 Å². The maximum absolute atomic E-state index is 12.3. The number of rotatable bonds is 2. The van der Waals surface area contributed by atoms with Crippen molar-refractivity contribution in [3.8, 4) is 12.3 Å². The molecule has 0 bridgehead atoms. The molecule has 1 amide bonds. The zero-order valence-electron chi connectivity index (χ0n) is 10.6. The van der Waals surface area contributed by atoms with Crippen molar-refractivity contribution in [2.45, 2.75) is 0 Å². The summed E-state index contributed by atoms with van der Waals surface area (Å²) in [5, 5.41) is 0.535. The number of carbonyl (C=O) groups excluding carboxylic acids is 1. The fourth-order valence-electron chi connectivity index (χ4n) is 2.14. The molecule has 0 saturated carbocycles. The topological polar surface area (TPSA) is 49.6 Å². The molecule has 0 unspecified atom stereocenters. The summed E-state index contributed by atoms with van der Waals surface area (Å²) in [4.78, 5) is 16.3. The van der Waals surface area contributed by atoms with E-state index in [0.717, 1.165) is 13.1 Å². The van der Waals surface area contributed by atoms with Crippen molar-refractivity contribution in [1.29, 1.82) is 0 Å². The van der Waals surface area contributed by atoms with E-state index in [2.05, 4.69) is 10.8 Å². The van der Waals surface area contributed by atoms with Crippen LogP contribution in [0.2, 0.25) is 5.02 Å². The maximum atomic E-state index is 12.3. The number of hydrogen-bond acceptors (Lipinski definition) is 3. The fraction of sp³-hybridized carbons (Fsp3) is 0.357. The molecule has 1 heterocycles. The van der Waals surface area contributed by atoms with Gasteiger partial charge in [-0.25, -0.2) is 0 Å². The van der Waals surface area contributed by atoms with Gasteiger partial charge < -0.3 is 10.6 Å². The Morgan fingerprint density at radius 2 is 2.05 bits per heavy atom. The van der Waals surface area contributed by atoms with Crippen LogP contribution >= 0.6 is 11.6 Å². The molecular formula is C14H16ClN3O. The van der Waals surface area contributed by atoms with Gasteiger partial charge in [0.2, 0.25) is 0 Å². The molecule has 1 aromatic carbocycles. The molecule has 1 fully saturated rings. The lowest BCUT2D eigenvalue weighted by Gasteiger charge is -2.33. The summed E-state index contributed by atoms with van der Waals surface area (Å²) in [6.07, 6.45) is 5.28. The van der Waals surface area contributed by atoms with Crippen LogP contribution in [0.15, 0.2) is 18.2 Å². The second-order valence-electron chi connectivity index (χ2n) is 4.50. The number of hydrogen-bond donors (Lipinski definition) is 1. The molecule has 5 heteroatoms. The summed E-state index contributed by atoms with van der Waals surface area (Å²) in [7, 11) is 0. The molecule has 2 rings (SSSR count). The molecule has 1 aromatic rings. The number of nitrogens with two attached hydrogens (primary N) is 1. The quantitative estimate of drug-likeness (QED) is 0.655. The van der Waals surface area contributed by atoms with Gasteiger partial charge in [0.1, 0.15) is 0 Å². The Labute approximate surface area is 118 Å². The summed E-state index contributed by atoms with van der Waals surface area (Å²) in [5.41, 5.74) is 6.76. The second-order valence-corrected chi connectivity index (χ2v) is 4.94. The van der Waals surface area contributed by atoms with E-state index in [1.54, 1.807) is 23.1 Å². The van der Waals surface area contributed by atoms with Gasteiger partial charge in [-0.3, -0.25) is 9.69 Å². The van der Waals surface area contributed by atoms with Crippen LogP contribution in [0.1, 0.15) is 10.4 Å². The highest BCUT2D eigenvalue weighted by Gasteiger charge is 2.22. The van der Waals surface area contributed by atoms with Gasteiger partial charge in [0.15, 0.2) is 0 Å². The average Bonchev–Trinajstić information content (AvgIpc) is 2.39. The average molecular weight is 278 g/mol. The van der Waals surface area contributed by atoms with E-state index >= 15 is 0 Å². The molecule has 0 atom stereocenters. The Bertz CT molecular complexity index is 516. The Morgan fingerprint density at radius 1 is 1.37 bits per heavy atom. The number of nitrogen functional groups attached to an aromatic ring is 1. The van der Waals surface area contributed by atoms with Crippen molar-refractivity contribution in [2.75, 3.05) is 38.5 Å². The molecule has 0 aliphatic carbocycles. The summed E-state index contributed by atoms with van der Waals surface area (Å²) < 4.78 is 0. The van der Waals surface area contributed by atoms with Crippen LogP contribution in [-0.2, 0) is 0 Å². The number of amides is 1. The van der Waals surface area contributed by atoms with Crippen molar-refractivity contribution in [3.63, 3.8) is 0 Å². The minimum Gasteiger partial charge on any atom is -0.398 e. The second kappa shape index (κ2) is 5.96. The Hall–Kier alpha value is -1.70. The number of benzene rings is 1. The number of halogens is 1. The van der Waals surface area contributed by atoms with E-state index in [9.17, 15) is 4.79 Å². The standard InChI is InChI=1S/C14H16ClN3O/c1-2-5-17-6-8-18(9-7-17)14(19)12-4-3-11(15)10-13(12)16/h1,3-4,10H,5-9,16H2. The highest BCUT2D eigenvalue weighted by atomic mass is 35.5. The largest absolute Gasteiger partial charge is 0.398 e. The molecular weight excluding hydrogens is 262 g/mol. The molecule has 2 N–H and O–H groups in total. The summed E-state index contributed by atoms with van der Waals surface area (Å²) >= 11 is 5.83. The zero-order valence-corrected chi connectivity index (χ0v) is 11.4. The minimum absolute atomic E-state index is 0.0467. The molecule has 0 spiro atoms. The summed E-state index contributed by atoms with van der Waals surface area (Å²) in [6, 6.07) is 4.96. The number of terminal acetylenes is 1. The predicted molar refractivity (Wildman–Crippen MR) is 77.0 cm³/mol. The van der Waals surface area contributed by atoms with Crippen molar-refractivity contribution < 1.29 is 4.79 Å². The monoisotopic (exact) mass is 277 g/mol. The molecule has 1 saturated heterocycles. The summed E-state index contributed by atoms with van der Waals surface area (Å²) in [6.45, 7) is 3.56. The number of nitrogens with zero attached hydrogens (tertiary/aromatic N) is 2. The minimum atomic E-state index is -0.0467. The molecule has 0 aromatic heterocycles. The SMILES string of the molecule is C#CCN1CCN(C(=O)c2ccc(Cl)cc2N)CC1. The lowest BCUT2D eigenvalue weighted by Crippen LogP contribution is -2.48. The number of anilines is 1. The lowest BCUT2D eigenvalue weighted by atomic mass is 10.1. The smallest absolute Gasteiger partial charge is 0.256 e. The zero-order chi connectivity index (χ0) is 13.8. The van der Waals surface area contributed by atoms with E-state index in [-0.39, 0.29) is 5.91 Å². The Morgan fingerprint density at radius 3 is 2.63 bits per heavy atom. The van der Waals surface area contributed by atoms with E-state index in [1.807, 2.05) is 0 Å². The first-order chi connectivity index (χ1) is 9.11. The Kier molecular flexibility index (Phi) is 4.31. The van der Waals surface area contributed by atoms with Crippen LogP contribution in [0.5, 0.6) is 0 Å². The highest BCUT2D eigenvalue weighted by molar-refractivity contribution is 6.31. The van der Waals surface area contributed by atoms with Gasteiger partial charge >= 0.3 is 0 Å². The van der Waals surface area contributed by atoms with Crippen LogP contribution in [0.25, 0.3) is 0 Å². The van der Waals surface area contributed by atoms with Gasteiger partial charge in [-0.2, -0.15) is 0 Å².